The molecule has 0 unspecified atom stereocenters. The predicted molar refractivity (Wildman–Crippen MR) is 62.7 cm³/mol. The van der Waals surface area contributed by atoms with Crippen LogP contribution >= 0.6 is 0 Å². The zero-order valence-corrected chi connectivity index (χ0v) is 10.7. The molecule has 5 nitrogen and oxygen atoms in total. The SMILES string of the molecule is CCCNS(=O)(=O)N(CCCN)C(C)C. The molecule has 6 heteroatoms. The van der Waals surface area contributed by atoms with Gasteiger partial charge in [-0.15, -0.1) is 0 Å². The van der Waals surface area contributed by atoms with Gasteiger partial charge in [0.05, 0.1) is 0 Å². The van der Waals surface area contributed by atoms with E-state index in [0.29, 0.717) is 26.1 Å². The summed E-state index contributed by atoms with van der Waals surface area (Å²) in [5, 5.41) is 0. The summed E-state index contributed by atoms with van der Waals surface area (Å²) in [5.41, 5.74) is 5.38. The van der Waals surface area contributed by atoms with Crippen LogP contribution < -0.4 is 10.5 Å². The minimum atomic E-state index is -3.33. The van der Waals surface area contributed by atoms with Crippen molar-refractivity contribution in [3.8, 4) is 0 Å². The molecule has 0 aliphatic carbocycles. The first-order valence-corrected chi connectivity index (χ1v) is 6.86. The number of nitrogens with one attached hydrogen (secondary N) is 1. The van der Waals surface area contributed by atoms with Gasteiger partial charge >= 0.3 is 0 Å². The average Bonchev–Trinajstić information content (AvgIpc) is 2.14. The van der Waals surface area contributed by atoms with Gasteiger partial charge in [0.15, 0.2) is 0 Å². The maximum atomic E-state index is 11.8. The summed E-state index contributed by atoms with van der Waals surface area (Å²) in [6.45, 7) is 7.12. The first kappa shape index (κ1) is 14.8. The lowest BCUT2D eigenvalue weighted by molar-refractivity contribution is 0.345. The van der Waals surface area contributed by atoms with Crippen molar-refractivity contribution < 1.29 is 8.42 Å². The Bertz CT molecular complexity index is 252. The van der Waals surface area contributed by atoms with Crippen molar-refractivity contribution in [3.05, 3.63) is 0 Å². The quantitative estimate of drug-likeness (QED) is 0.637. The Labute approximate surface area is 93.2 Å². The van der Waals surface area contributed by atoms with Crippen molar-refractivity contribution in [2.75, 3.05) is 19.6 Å². The van der Waals surface area contributed by atoms with Gasteiger partial charge in [-0.25, -0.2) is 4.72 Å². The zero-order valence-electron chi connectivity index (χ0n) is 9.86. The smallest absolute Gasteiger partial charge is 0.279 e. The van der Waals surface area contributed by atoms with Crippen LogP contribution in [0.4, 0.5) is 0 Å². The van der Waals surface area contributed by atoms with Gasteiger partial charge in [0, 0.05) is 19.1 Å². The van der Waals surface area contributed by atoms with E-state index in [9.17, 15) is 8.42 Å². The number of hydrogen-bond donors (Lipinski definition) is 2. The molecule has 0 aromatic rings. The zero-order chi connectivity index (χ0) is 11.9. The first-order valence-electron chi connectivity index (χ1n) is 5.42. The first-order chi connectivity index (χ1) is 6.95. The fraction of sp³-hybridized carbons (Fsp3) is 1.00. The molecule has 0 radical (unpaired) electrons. The molecule has 0 saturated carbocycles. The molecular formula is C9H23N3O2S. The topological polar surface area (TPSA) is 75.4 Å². The predicted octanol–water partition coefficient (Wildman–Crippen LogP) is 0.290. The molecule has 0 fully saturated rings. The van der Waals surface area contributed by atoms with Crippen molar-refractivity contribution in [3.63, 3.8) is 0 Å². The Morgan fingerprint density at radius 1 is 1.40 bits per heavy atom. The largest absolute Gasteiger partial charge is 0.330 e. The average molecular weight is 237 g/mol. The molecule has 0 rings (SSSR count). The van der Waals surface area contributed by atoms with Gasteiger partial charge in [-0.3, -0.25) is 0 Å². The standard InChI is InChI=1S/C9H23N3O2S/c1-4-7-11-15(13,14)12(9(2)3)8-5-6-10/h9,11H,4-8,10H2,1-3H3. The summed E-state index contributed by atoms with van der Waals surface area (Å²) in [6, 6.07) is -0.0362. The molecule has 0 aliphatic rings. The minimum absolute atomic E-state index is 0.0362. The Balaban J connectivity index is 4.45. The molecule has 3 N–H and O–H groups in total. The van der Waals surface area contributed by atoms with Gasteiger partial charge in [-0.2, -0.15) is 12.7 Å². The molecule has 0 aromatic heterocycles. The Morgan fingerprint density at radius 2 is 2.00 bits per heavy atom. The maximum absolute atomic E-state index is 11.8. The van der Waals surface area contributed by atoms with Gasteiger partial charge in [0.2, 0.25) is 0 Å². The fourth-order valence-corrected chi connectivity index (χ4v) is 2.77. The second-order valence-electron chi connectivity index (χ2n) is 3.75. The van der Waals surface area contributed by atoms with E-state index in [4.69, 9.17) is 5.73 Å². The van der Waals surface area contributed by atoms with Gasteiger partial charge in [-0.05, 0) is 33.2 Å². The van der Waals surface area contributed by atoms with Crippen LogP contribution in [0.15, 0.2) is 0 Å². The van der Waals surface area contributed by atoms with Crippen molar-refractivity contribution >= 4 is 10.2 Å². The fourth-order valence-electron chi connectivity index (χ4n) is 1.22. The third kappa shape index (κ3) is 5.46. The molecule has 0 aromatic carbocycles. The van der Waals surface area contributed by atoms with Gasteiger partial charge in [-0.1, -0.05) is 6.92 Å². The normalized spacial score (nSPS) is 12.7. The second kappa shape index (κ2) is 7.16. The number of nitrogens with two attached hydrogens (primary N) is 1. The molecule has 0 spiro atoms. The highest BCUT2D eigenvalue weighted by Gasteiger charge is 2.23. The van der Waals surface area contributed by atoms with Crippen LogP contribution in [-0.4, -0.2) is 38.4 Å². The van der Waals surface area contributed by atoms with Crippen LogP contribution in [0.25, 0.3) is 0 Å². The van der Waals surface area contributed by atoms with Crippen LogP contribution in [0.2, 0.25) is 0 Å². The summed E-state index contributed by atoms with van der Waals surface area (Å²) >= 11 is 0. The monoisotopic (exact) mass is 237 g/mol. The maximum Gasteiger partial charge on any atom is 0.279 e. The number of rotatable bonds is 8. The third-order valence-corrected chi connectivity index (χ3v) is 3.79. The Morgan fingerprint density at radius 3 is 2.40 bits per heavy atom. The van der Waals surface area contributed by atoms with Gasteiger partial charge in [0.25, 0.3) is 10.2 Å². The van der Waals surface area contributed by atoms with Crippen molar-refractivity contribution in [1.29, 1.82) is 0 Å². The van der Waals surface area contributed by atoms with E-state index in [-0.39, 0.29) is 6.04 Å². The molecule has 0 saturated heterocycles. The second-order valence-corrected chi connectivity index (χ2v) is 5.45. The summed E-state index contributed by atoms with van der Waals surface area (Å²) in [7, 11) is -3.33. The summed E-state index contributed by atoms with van der Waals surface area (Å²) in [5.74, 6) is 0. The summed E-state index contributed by atoms with van der Waals surface area (Å²) in [6.07, 6.45) is 1.48. The van der Waals surface area contributed by atoms with E-state index in [1.807, 2.05) is 20.8 Å². The van der Waals surface area contributed by atoms with Crippen LogP contribution in [0.5, 0.6) is 0 Å². The highest BCUT2D eigenvalue weighted by Crippen LogP contribution is 2.05. The lowest BCUT2D eigenvalue weighted by Gasteiger charge is -2.25. The van der Waals surface area contributed by atoms with E-state index in [1.54, 1.807) is 0 Å². The lowest BCUT2D eigenvalue weighted by atomic mass is 10.3. The van der Waals surface area contributed by atoms with Gasteiger partial charge in [0.1, 0.15) is 0 Å². The van der Waals surface area contributed by atoms with E-state index in [1.165, 1.54) is 4.31 Å². The molecule has 0 bridgehead atoms. The summed E-state index contributed by atoms with van der Waals surface area (Å²) < 4.78 is 27.6. The Kier molecular flexibility index (Phi) is 7.08. The van der Waals surface area contributed by atoms with E-state index in [2.05, 4.69) is 4.72 Å². The molecule has 0 amide bonds. The lowest BCUT2D eigenvalue weighted by Crippen LogP contribution is -2.45. The van der Waals surface area contributed by atoms with Crippen LogP contribution in [0.1, 0.15) is 33.6 Å². The van der Waals surface area contributed by atoms with E-state index >= 15 is 0 Å². The molecule has 15 heavy (non-hydrogen) atoms. The molecule has 0 atom stereocenters. The van der Waals surface area contributed by atoms with E-state index < -0.39 is 10.2 Å². The highest BCUT2D eigenvalue weighted by atomic mass is 32.2. The molecule has 0 aliphatic heterocycles. The molecular weight excluding hydrogens is 214 g/mol. The number of hydrogen-bond acceptors (Lipinski definition) is 3. The minimum Gasteiger partial charge on any atom is -0.330 e. The highest BCUT2D eigenvalue weighted by molar-refractivity contribution is 7.87. The van der Waals surface area contributed by atoms with Crippen LogP contribution in [-0.2, 0) is 10.2 Å². The van der Waals surface area contributed by atoms with Crippen molar-refractivity contribution in [2.45, 2.75) is 39.7 Å². The van der Waals surface area contributed by atoms with Crippen molar-refractivity contribution in [2.24, 2.45) is 5.73 Å². The Hall–Kier alpha value is -0.170. The van der Waals surface area contributed by atoms with Crippen LogP contribution in [0, 0.1) is 0 Å². The van der Waals surface area contributed by atoms with Gasteiger partial charge < -0.3 is 5.73 Å². The van der Waals surface area contributed by atoms with Crippen molar-refractivity contribution in [1.82, 2.24) is 9.03 Å². The molecule has 92 valence electrons. The third-order valence-electron chi connectivity index (χ3n) is 2.00. The molecule has 0 heterocycles. The summed E-state index contributed by atoms with van der Waals surface area (Å²) in [4.78, 5) is 0. The van der Waals surface area contributed by atoms with E-state index in [0.717, 1.165) is 6.42 Å². The number of nitrogens with zero attached hydrogens (tertiary/aromatic N) is 1. The van der Waals surface area contributed by atoms with Crippen LogP contribution in [0.3, 0.4) is 0 Å².